The molecule has 0 saturated carbocycles. The Morgan fingerprint density at radius 1 is 1.50 bits per heavy atom. The van der Waals surface area contributed by atoms with E-state index in [1.54, 1.807) is 12.1 Å². The summed E-state index contributed by atoms with van der Waals surface area (Å²) >= 11 is 1.23. The topological polar surface area (TPSA) is 74.7 Å². The first-order valence-corrected chi connectivity index (χ1v) is 10.4. The van der Waals surface area contributed by atoms with Crippen molar-refractivity contribution in [2.24, 2.45) is 0 Å². The first-order valence-electron chi connectivity index (χ1n) is 6.30. The Morgan fingerprint density at radius 3 is 2.75 bits per heavy atom. The Hall–Kier alpha value is -1.36. The highest BCUT2D eigenvalue weighted by Gasteiger charge is 2.19. The van der Waals surface area contributed by atoms with Crippen LogP contribution in [0.1, 0.15) is 16.8 Å². The van der Waals surface area contributed by atoms with E-state index < -0.39 is 8.32 Å². The van der Waals surface area contributed by atoms with Gasteiger partial charge in [0.05, 0.1) is 7.11 Å². The summed E-state index contributed by atoms with van der Waals surface area (Å²) in [6.45, 7) is 3.78. The maximum absolute atomic E-state index is 12.0. The van der Waals surface area contributed by atoms with E-state index in [0.717, 1.165) is 12.5 Å². The summed E-state index contributed by atoms with van der Waals surface area (Å²) in [4.78, 5) is 24.8. The van der Waals surface area contributed by atoms with Crippen molar-refractivity contribution < 1.29 is 14.3 Å². The molecule has 1 aromatic rings. The maximum atomic E-state index is 12.0. The number of hydrogen-bond donors (Lipinski definition) is 1. The zero-order valence-electron chi connectivity index (χ0n) is 11.9. The molecule has 0 spiro atoms. The van der Waals surface area contributed by atoms with Crippen LogP contribution in [0.15, 0.2) is 18.2 Å². The number of rotatable bonds is 6. The van der Waals surface area contributed by atoms with Crippen LogP contribution in [-0.4, -0.2) is 31.1 Å². The normalized spacial score (nSPS) is 10.9. The van der Waals surface area contributed by atoms with Gasteiger partial charge in [0.25, 0.3) is 0 Å². The van der Waals surface area contributed by atoms with Crippen LogP contribution in [0.5, 0.6) is 5.75 Å². The van der Waals surface area contributed by atoms with Crippen molar-refractivity contribution in [3.8, 4) is 5.75 Å². The summed E-state index contributed by atoms with van der Waals surface area (Å²) in [7, 11) is -0.563. The van der Waals surface area contributed by atoms with E-state index in [1.165, 1.54) is 24.9 Å². The lowest BCUT2D eigenvalue weighted by molar-refractivity contribution is 0.108. The minimum absolute atomic E-state index is 0.0507. The number of benzene rings is 1. The molecule has 1 aromatic carbocycles. The standard InChI is InChI=1S/C13H19N2O3SSi/c1-18-12-9-10(5-6-11(12)15-14)13(16)19-7-4-8-20(2,3)17/h5-6,9,17H,4,7-8H2,1-3H3/q+1. The molecule has 0 aromatic heterocycles. The molecule has 108 valence electrons. The van der Waals surface area contributed by atoms with Gasteiger partial charge < -0.3 is 9.53 Å². The van der Waals surface area contributed by atoms with Crippen molar-refractivity contribution in [2.45, 2.75) is 25.6 Å². The summed E-state index contributed by atoms with van der Waals surface area (Å²) in [6, 6.07) is 5.50. The summed E-state index contributed by atoms with van der Waals surface area (Å²) in [5.41, 5.74) is 0.807. The summed E-state index contributed by atoms with van der Waals surface area (Å²) in [5.74, 6) is 1.05. The van der Waals surface area contributed by atoms with Crippen LogP contribution in [0.3, 0.4) is 0 Å². The number of diazo groups is 1. The van der Waals surface area contributed by atoms with E-state index in [9.17, 15) is 9.59 Å². The minimum atomic E-state index is -2.02. The highest BCUT2D eigenvalue weighted by atomic mass is 32.2. The molecule has 0 heterocycles. The van der Waals surface area contributed by atoms with Gasteiger partial charge in [-0.1, -0.05) is 11.8 Å². The van der Waals surface area contributed by atoms with Gasteiger partial charge in [0.2, 0.25) is 16.3 Å². The molecular formula is C13H19N2O3SSi+. The zero-order chi connectivity index (χ0) is 15.2. The van der Waals surface area contributed by atoms with Crippen LogP contribution in [0, 0.1) is 5.39 Å². The second-order valence-corrected chi connectivity index (χ2v) is 10.2. The first-order chi connectivity index (χ1) is 9.37. The Balaban J connectivity index is 2.58. The van der Waals surface area contributed by atoms with Gasteiger partial charge >= 0.3 is 5.69 Å². The van der Waals surface area contributed by atoms with Crippen LogP contribution in [-0.2, 0) is 0 Å². The summed E-state index contributed by atoms with van der Waals surface area (Å²) in [5, 5.41) is 8.71. The van der Waals surface area contributed by atoms with Crippen LogP contribution < -0.4 is 4.74 Å². The van der Waals surface area contributed by atoms with Gasteiger partial charge in [-0.25, -0.2) is 0 Å². The summed E-state index contributed by atoms with van der Waals surface area (Å²) < 4.78 is 5.05. The predicted octanol–water partition coefficient (Wildman–Crippen LogP) is 3.64. The minimum Gasteiger partial charge on any atom is -0.489 e. The van der Waals surface area contributed by atoms with Gasteiger partial charge in [-0.15, -0.1) is 0 Å². The molecule has 0 unspecified atom stereocenters. The molecule has 0 aliphatic heterocycles. The fourth-order valence-electron chi connectivity index (χ4n) is 1.64. The first kappa shape index (κ1) is 16.7. The third-order valence-electron chi connectivity index (χ3n) is 2.69. The number of nitrogens with zero attached hydrogens (tertiary/aromatic N) is 2. The highest BCUT2D eigenvalue weighted by Crippen LogP contribution is 2.29. The second-order valence-electron chi connectivity index (χ2n) is 5.04. The third-order valence-corrected chi connectivity index (χ3v) is 5.26. The molecular weight excluding hydrogens is 292 g/mol. The maximum Gasteiger partial charge on any atom is 0.426 e. The van der Waals surface area contributed by atoms with E-state index in [-0.39, 0.29) is 5.12 Å². The Kier molecular flexibility index (Phi) is 6.20. The Morgan fingerprint density at radius 2 is 2.20 bits per heavy atom. The number of carbonyl (C=O) groups is 1. The van der Waals surface area contributed by atoms with Crippen LogP contribution in [0.2, 0.25) is 19.1 Å². The largest absolute Gasteiger partial charge is 0.489 e. The molecule has 0 amide bonds. The second kappa shape index (κ2) is 7.43. The lowest BCUT2D eigenvalue weighted by Crippen LogP contribution is -2.24. The number of methoxy groups -OCH3 is 1. The van der Waals surface area contributed by atoms with Crippen molar-refractivity contribution in [3.63, 3.8) is 0 Å². The molecule has 0 radical (unpaired) electrons. The number of thioether (sulfide) groups is 1. The van der Waals surface area contributed by atoms with E-state index in [1.807, 2.05) is 13.1 Å². The molecule has 7 heteroatoms. The van der Waals surface area contributed by atoms with Crippen LogP contribution in [0.25, 0.3) is 4.98 Å². The molecule has 1 N–H and O–H groups in total. The fourth-order valence-corrected chi connectivity index (χ4v) is 3.71. The monoisotopic (exact) mass is 311 g/mol. The smallest absolute Gasteiger partial charge is 0.426 e. The number of ether oxygens (including phenoxy) is 1. The lowest BCUT2D eigenvalue weighted by atomic mass is 10.2. The van der Waals surface area contributed by atoms with E-state index in [0.29, 0.717) is 22.8 Å². The van der Waals surface area contributed by atoms with Gasteiger partial charge in [0.1, 0.15) is 0 Å². The average molecular weight is 311 g/mol. The van der Waals surface area contributed by atoms with Gasteiger partial charge in [0, 0.05) is 23.4 Å². The van der Waals surface area contributed by atoms with Crippen molar-refractivity contribution in [1.29, 1.82) is 5.39 Å². The molecule has 0 bridgehead atoms. The molecule has 20 heavy (non-hydrogen) atoms. The molecule has 5 nitrogen and oxygen atoms in total. The number of carbonyl (C=O) groups excluding carboxylic acids is 1. The molecule has 0 atom stereocenters. The van der Waals surface area contributed by atoms with Gasteiger partial charge in [0.15, 0.2) is 13.3 Å². The molecule has 0 aliphatic rings. The van der Waals surface area contributed by atoms with Crippen molar-refractivity contribution >= 4 is 30.9 Å². The Bertz CT molecular complexity index is 523. The van der Waals surface area contributed by atoms with Crippen LogP contribution >= 0.6 is 11.8 Å². The van der Waals surface area contributed by atoms with Crippen LogP contribution in [0.4, 0.5) is 5.69 Å². The van der Waals surface area contributed by atoms with Crippen molar-refractivity contribution in [1.82, 2.24) is 0 Å². The molecule has 0 aliphatic carbocycles. The fraction of sp³-hybridized carbons (Fsp3) is 0.462. The van der Waals surface area contributed by atoms with Crippen molar-refractivity contribution in [2.75, 3.05) is 12.9 Å². The molecule has 0 fully saturated rings. The third kappa shape index (κ3) is 5.33. The van der Waals surface area contributed by atoms with Gasteiger partial charge in [-0.05, 0) is 31.6 Å². The molecule has 1 rings (SSSR count). The molecule has 0 saturated heterocycles. The van der Waals surface area contributed by atoms with Crippen molar-refractivity contribution in [3.05, 3.63) is 28.7 Å². The zero-order valence-corrected chi connectivity index (χ0v) is 13.7. The van der Waals surface area contributed by atoms with Gasteiger partial charge in [-0.2, -0.15) is 0 Å². The SMILES string of the molecule is COc1cc(C(=O)SCCC[Si](C)(C)O)ccc1[N+]#N. The van der Waals surface area contributed by atoms with E-state index in [2.05, 4.69) is 4.98 Å². The lowest BCUT2D eigenvalue weighted by Gasteiger charge is -2.12. The van der Waals surface area contributed by atoms with E-state index in [4.69, 9.17) is 10.1 Å². The number of hydrogen-bond acceptors (Lipinski definition) is 5. The summed E-state index contributed by atoms with van der Waals surface area (Å²) in [6.07, 6.45) is 0.827. The van der Waals surface area contributed by atoms with E-state index >= 15 is 0 Å². The van der Waals surface area contributed by atoms with Gasteiger partial charge in [-0.3, -0.25) is 4.79 Å². The quantitative estimate of drug-likeness (QED) is 0.493. The highest BCUT2D eigenvalue weighted by molar-refractivity contribution is 8.14. The average Bonchev–Trinajstić information content (AvgIpc) is 2.41. The predicted molar refractivity (Wildman–Crippen MR) is 83.7 cm³/mol. The Labute approximate surface area is 124 Å².